The molecule has 0 bridgehead atoms. The molecule has 0 radical (unpaired) electrons. The molecule has 0 aliphatic rings. The van der Waals surface area contributed by atoms with Crippen LogP contribution >= 0.6 is 0 Å². The van der Waals surface area contributed by atoms with E-state index in [1.165, 1.54) is 42.5 Å². The van der Waals surface area contributed by atoms with Gasteiger partial charge in [-0.15, -0.1) is 0 Å². The van der Waals surface area contributed by atoms with E-state index >= 15 is 8.78 Å². The van der Waals surface area contributed by atoms with Crippen molar-refractivity contribution in [3.63, 3.8) is 0 Å². The number of halogens is 6. The fourth-order valence-electron chi connectivity index (χ4n) is 5.78. The third-order valence-electron chi connectivity index (χ3n) is 8.69. The van der Waals surface area contributed by atoms with Crippen molar-refractivity contribution in [1.82, 2.24) is 10.1 Å². The van der Waals surface area contributed by atoms with Gasteiger partial charge in [0.2, 0.25) is 0 Å². The zero-order valence-electron chi connectivity index (χ0n) is 28.1. The summed E-state index contributed by atoms with van der Waals surface area (Å²) in [6, 6.07) is 26.0. The summed E-state index contributed by atoms with van der Waals surface area (Å²) in [7, 11) is 0. The smallest absolute Gasteiger partial charge is 0.439 e. The highest BCUT2D eigenvalue weighted by Crippen LogP contribution is 2.36. The molecule has 0 saturated heterocycles. The Morgan fingerprint density at radius 3 is 1.96 bits per heavy atom. The van der Waals surface area contributed by atoms with E-state index in [-0.39, 0.29) is 28.6 Å². The number of H-pyrrole nitrogens is 1. The summed E-state index contributed by atoms with van der Waals surface area (Å²) in [6.07, 6.45) is -3.53. The number of aromatic carboxylic acids is 1. The van der Waals surface area contributed by atoms with E-state index in [0.717, 1.165) is 53.6 Å². The Morgan fingerprint density at radius 1 is 0.796 bits per heavy atom. The number of aryl methyl sites for hydroxylation is 1. The minimum absolute atomic E-state index is 0.0493. The highest BCUT2D eigenvalue weighted by molar-refractivity contribution is 5.87. The standard InChI is InChI=1S/C41H30F6N2O5/c42-35-21-22-36(53-41(46,47)34-19-15-29(16-20-34)28-13-17-33(18-14-28)40(43,44)45)32(24-35)12-7-26(23-27-5-10-31(11-6-27)38(50)51)2-1-25-3-8-30(9-4-25)37-48-39(52)54-49-37/h3-22,24,26H,1-2,23H2,(H,50,51)(H,48,49,52). The van der Waals surface area contributed by atoms with Gasteiger partial charge in [-0.3, -0.25) is 9.51 Å². The number of ether oxygens (including phenoxy) is 1. The molecule has 0 amide bonds. The molecule has 0 aliphatic carbocycles. The van der Waals surface area contributed by atoms with Gasteiger partial charge in [0.05, 0.1) is 16.7 Å². The minimum atomic E-state index is -4.51. The number of benzene rings is 5. The van der Waals surface area contributed by atoms with Crippen molar-refractivity contribution in [2.24, 2.45) is 5.92 Å². The number of nitrogens with zero attached hydrogens (tertiary/aromatic N) is 1. The van der Waals surface area contributed by atoms with Crippen LogP contribution in [0.4, 0.5) is 26.3 Å². The van der Waals surface area contributed by atoms with Gasteiger partial charge in [-0.1, -0.05) is 78.0 Å². The van der Waals surface area contributed by atoms with E-state index in [0.29, 0.717) is 36.0 Å². The second-order valence-electron chi connectivity index (χ2n) is 12.5. The molecule has 2 N–H and O–H groups in total. The molecule has 0 fully saturated rings. The summed E-state index contributed by atoms with van der Waals surface area (Å²) in [6.45, 7) is 0. The number of nitrogens with one attached hydrogen (secondary N) is 1. The maximum atomic E-state index is 15.5. The average molecular weight is 745 g/mol. The number of hydrogen-bond acceptors (Lipinski definition) is 5. The number of carbonyl (C=O) groups is 1. The molecule has 0 aliphatic heterocycles. The Hall–Kier alpha value is -6.37. The Bertz CT molecular complexity index is 2300. The average Bonchev–Trinajstić information content (AvgIpc) is 3.60. The first-order chi connectivity index (χ1) is 25.7. The van der Waals surface area contributed by atoms with Gasteiger partial charge < -0.3 is 9.84 Å². The van der Waals surface area contributed by atoms with Crippen molar-refractivity contribution in [3.05, 3.63) is 171 Å². The van der Waals surface area contributed by atoms with Gasteiger partial charge in [-0.2, -0.15) is 22.0 Å². The maximum Gasteiger partial charge on any atom is 0.439 e. The lowest BCUT2D eigenvalue weighted by atomic mass is 9.91. The first-order valence-electron chi connectivity index (χ1n) is 16.5. The van der Waals surface area contributed by atoms with Crippen LogP contribution in [0.2, 0.25) is 0 Å². The number of rotatable bonds is 13. The third kappa shape index (κ3) is 9.34. The molecule has 6 aromatic rings. The quantitative estimate of drug-likeness (QED) is 0.114. The summed E-state index contributed by atoms with van der Waals surface area (Å²) in [5.74, 6) is -2.66. The van der Waals surface area contributed by atoms with Crippen molar-refractivity contribution in [2.75, 3.05) is 0 Å². The SMILES string of the molecule is O=C(O)c1ccc(CC(C=Cc2cc(F)ccc2OC(F)(F)c2ccc(-c3ccc(C(F)(F)F)cc3)cc2)CCc2ccc(-c3noc(=O)[nH]3)cc2)cc1. The monoisotopic (exact) mass is 744 g/mol. The Balaban J connectivity index is 1.20. The van der Waals surface area contributed by atoms with Gasteiger partial charge in [0, 0.05) is 11.1 Å². The zero-order chi connectivity index (χ0) is 38.5. The molecule has 54 heavy (non-hydrogen) atoms. The molecule has 13 heteroatoms. The predicted octanol–water partition coefficient (Wildman–Crippen LogP) is 10.2. The Kier molecular flexibility index (Phi) is 10.9. The van der Waals surface area contributed by atoms with Gasteiger partial charge in [0.1, 0.15) is 11.6 Å². The zero-order valence-corrected chi connectivity index (χ0v) is 28.1. The normalized spacial score (nSPS) is 12.6. The molecule has 5 aromatic carbocycles. The summed E-state index contributed by atoms with van der Waals surface area (Å²) >= 11 is 0. The van der Waals surface area contributed by atoms with Gasteiger partial charge in [0.25, 0.3) is 0 Å². The highest BCUT2D eigenvalue weighted by atomic mass is 19.4. The van der Waals surface area contributed by atoms with Gasteiger partial charge in [-0.05, 0) is 102 Å². The van der Waals surface area contributed by atoms with Gasteiger partial charge >= 0.3 is 24.0 Å². The Morgan fingerprint density at radius 2 is 1.39 bits per heavy atom. The summed E-state index contributed by atoms with van der Waals surface area (Å²) in [5.41, 5.74) is 2.04. The molecular weight excluding hydrogens is 714 g/mol. The van der Waals surface area contributed by atoms with Crippen LogP contribution in [-0.2, 0) is 25.1 Å². The second kappa shape index (κ2) is 15.7. The number of aromatic nitrogens is 2. The van der Waals surface area contributed by atoms with Crippen molar-refractivity contribution < 1.29 is 45.5 Å². The third-order valence-corrected chi connectivity index (χ3v) is 8.69. The van der Waals surface area contributed by atoms with Crippen LogP contribution in [0.15, 0.2) is 131 Å². The van der Waals surface area contributed by atoms with Crippen molar-refractivity contribution in [3.8, 4) is 28.3 Å². The van der Waals surface area contributed by atoms with Crippen molar-refractivity contribution in [2.45, 2.75) is 31.5 Å². The van der Waals surface area contributed by atoms with Crippen LogP contribution in [0.1, 0.15) is 44.6 Å². The number of alkyl halides is 5. The first-order valence-corrected chi connectivity index (χ1v) is 16.5. The number of allylic oxidation sites excluding steroid dienone is 1. The van der Waals surface area contributed by atoms with Crippen LogP contribution in [0.25, 0.3) is 28.6 Å². The van der Waals surface area contributed by atoms with E-state index < -0.39 is 41.0 Å². The molecule has 1 aromatic heterocycles. The number of aromatic amines is 1. The van der Waals surface area contributed by atoms with Crippen LogP contribution in [0.5, 0.6) is 5.75 Å². The van der Waals surface area contributed by atoms with Crippen molar-refractivity contribution in [1.29, 1.82) is 0 Å². The van der Waals surface area contributed by atoms with E-state index in [4.69, 9.17) is 4.74 Å². The number of carboxylic acids is 1. The minimum Gasteiger partial charge on any atom is -0.478 e. The fraction of sp³-hybridized carbons (Fsp3) is 0.146. The molecule has 276 valence electrons. The lowest BCUT2D eigenvalue weighted by Crippen LogP contribution is -2.22. The molecule has 1 heterocycles. The van der Waals surface area contributed by atoms with Crippen molar-refractivity contribution >= 4 is 12.0 Å². The predicted molar refractivity (Wildman–Crippen MR) is 188 cm³/mol. The number of hydrogen-bond donors (Lipinski definition) is 2. The molecule has 1 atom stereocenters. The molecule has 6 rings (SSSR count). The largest absolute Gasteiger partial charge is 0.478 e. The number of carboxylic acid groups (broad SMARTS) is 1. The molecule has 7 nitrogen and oxygen atoms in total. The van der Waals surface area contributed by atoms with Crippen LogP contribution in [0.3, 0.4) is 0 Å². The fourth-order valence-corrected chi connectivity index (χ4v) is 5.78. The topological polar surface area (TPSA) is 105 Å². The maximum absolute atomic E-state index is 15.5. The first kappa shape index (κ1) is 37.4. The van der Waals surface area contributed by atoms with E-state index in [1.54, 1.807) is 30.3 Å². The van der Waals surface area contributed by atoms with Gasteiger partial charge in [0.15, 0.2) is 5.82 Å². The summed E-state index contributed by atoms with van der Waals surface area (Å²) in [4.78, 5) is 25.2. The lowest BCUT2D eigenvalue weighted by Gasteiger charge is -2.20. The highest BCUT2D eigenvalue weighted by Gasteiger charge is 2.35. The van der Waals surface area contributed by atoms with Crippen LogP contribution in [-0.4, -0.2) is 21.2 Å². The lowest BCUT2D eigenvalue weighted by molar-refractivity contribution is -0.185. The molecule has 0 saturated carbocycles. The van der Waals surface area contributed by atoms with E-state index in [9.17, 15) is 32.3 Å². The van der Waals surface area contributed by atoms with E-state index in [1.807, 2.05) is 12.1 Å². The summed E-state index contributed by atoms with van der Waals surface area (Å²) in [5, 5.41) is 13.0. The van der Waals surface area contributed by atoms with Crippen LogP contribution in [0, 0.1) is 11.7 Å². The van der Waals surface area contributed by atoms with Crippen LogP contribution < -0.4 is 10.5 Å². The second-order valence-corrected chi connectivity index (χ2v) is 12.5. The summed E-state index contributed by atoms with van der Waals surface area (Å²) < 4.78 is 94.1. The molecule has 1 unspecified atom stereocenters. The Labute approximate surface area is 304 Å². The molecular formula is C41H30F6N2O5. The van der Waals surface area contributed by atoms with Gasteiger partial charge in [-0.25, -0.2) is 14.0 Å². The van der Waals surface area contributed by atoms with E-state index in [2.05, 4.69) is 14.7 Å². The molecule has 0 spiro atoms.